The van der Waals surface area contributed by atoms with Crippen LogP contribution in [0.2, 0.25) is 0 Å². The van der Waals surface area contributed by atoms with Crippen LogP contribution in [0.15, 0.2) is 24.3 Å². The van der Waals surface area contributed by atoms with Crippen LogP contribution in [0, 0.1) is 23.7 Å². The number of carbonyl (C=O) groups is 4. The number of benzene rings is 1. The summed E-state index contributed by atoms with van der Waals surface area (Å²) in [5.74, 6) is -1.10. The van der Waals surface area contributed by atoms with E-state index in [1.165, 1.54) is 0 Å². The van der Waals surface area contributed by atoms with Crippen LogP contribution in [-0.4, -0.2) is 135 Å². The Morgan fingerprint density at radius 1 is 0.923 bits per heavy atom. The van der Waals surface area contributed by atoms with Crippen molar-refractivity contribution >= 4 is 29.3 Å². The first kappa shape index (κ1) is 44.9. The van der Waals surface area contributed by atoms with E-state index in [0.29, 0.717) is 25.2 Å². The molecule has 1 aromatic rings. The molecular weight excluding hydrogens is 660 g/mol. The fraction of sp³-hybridized carbons (Fsp3) is 0.750. The van der Waals surface area contributed by atoms with Crippen LogP contribution >= 0.6 is 0 Å². The third-order valence-corrected chi connectivity index (χ3v) is 11.0. The van der Waals surface area contributed by atoms with Gasteiger partial charge in [-0.05, 0) is 68.8 Å². The van der Waals surface area contributed by atoms with Gasteiger partial charge < -0.3 is 35.2 Å². The topological polar surface area (TPSA) is 138 Å². The predicted octanol–water partition coefficient (Wildman–Crippen LogP) is 3.92. The fourth-order valence-electron chi connectivity index (χ4n) is 7.84. The molecule has 12 nitrogen and oxygen atoms in total. The molecular formula is C40H70N6O6. The standard InChI is InChI=1S/C40H70N6O6/c1-14-27(6)36(45(11)40(50)34(25(2)3)42-38(48)35(26(4)5)43(8)9)32(51-12)24-33(47)46-22-15-16-31(46)37(52-13)28(7)39(49)44(10)23-21-29-17-19-30(41)20-18-29/h17-20,25-28,31-32,34-37H,14-16,21-24,41H2,1-13H3,(H,42,48)/t27-,28+,31-,32+,34-,35+,36-,37+/m0/s1. The number of anilines is 1. The number of nitrogens with one attached hydrogen (secondary N) is 1. The van der Waals surface area contributed by atoms with E-state index in [9.17, 15) is 19.2 Å². The van der Waals surface area contributed by atoms with Crippen LogP contribution in [0.1, 0.15) is 79.7 Å². The van der Waals surface area contributed by atoms with E-state index in [1.807, 2.05) is 82.8 Å². The Bertz CT molecular complexity index is 1280. The zero-order valence-electron chi connectivity index (χ0n) is 34.3. The summed E-state index contributed by atoms with van der Waals surface area (Å²) < 4.78 is 12.0. The summed E-state index contributed by atoms with van der Waals surface area (Å²) in [4.78, 5) is 62.6. The SMILES string of the molecule is CC[C@H](C)[C@@H]([C@@H](CC(=O)N1CCC[C@H]1[C@H](OC)[C@@H](C)C(=O)N(C)CCc1ccc(N)cc1)OC)N(C)C(=O)[C@@H](NC(=O)[C@@H](C(C)C)N(C)C)C(C)C. The third kappa shape index (κ3) is 11.6. The van der Waals surface area contributed by atoms with Crippen molar-refractivity contribution in [1.29, 1.82) is 0 Å². The highest BCUT2D eigenvalue weighted by molar-refractivity contribution is 5.90. The van der Waals surface area contributed by atoms with E-state index in [4.69, 9.17) is 15.2 Å². The highest BCUT2D eigenvalue weighted by Crippen LogP contribution is 2.30. The number of likely N-dealkylation sites (N-methyl/N-ethyl adjacent to an activating group) is 3. The maximum absolute atomic E-state index is 14.2. The summed E-state index contributed by atoms with van der Waals surface area (Å²) >= 11 is 0. The highest BCUT2D eigenvalue weighted by atomic mass is 16.5. The van der Waals surface area contributed by atoms with Gasteiger partial charge >= 0.3 is 0 Å². The number of likely N-dealkylation sites (tertiary alicyclic amines) is 1. The number of methoxy groups -OCH3 is 2. The molecule has 12 heteroatoms. The molecule has 0 aliphatic carbocycles. The second kappa shape index (κ2) is 20.9. The number of ether oxygens (including phenoxy) is 2. The van der Waals surface area contributed by atoms with E-state index >= 15 is 0 Å². The molecule has 0 unspecified atom stereocenters. The Hall–Kier alpha value is -3.22. The summed E-state index contributed by atoms with van der Waals surface area (Å²) in [7, 11) is 10.5. The average molecular weight is 731 g/mol. The number of carbonyl (C=O) groups excluding carboxylic acids is 4. The second-order valence-electron chi connectivity index (χ2n) is 15.7. The predicted molar refractivity (Wildman–Crippen MR) is 207 cm³/mol. The Morgan fingerprint density at radius 2 is 1.54 bits per heavy atom. The lowest BCUT2D eigenvalue weighted by Gasteiger charge is -2.41. The van der Waals surface area contributed by atoms with Gasteiger partial charge in [0.15, 0.2) is 0 Å². The van der Waals surface area contributed by atoms with E-state index in [2.05, 4.69) is 19.2 Å². The first-order valence-corrected chi connectivity index (χ1v) is 19.1. The zero-order valence-corrected chi connectivity index (χ0v) is 34.3. The number of hydrogen-bond donors (Lipinski definition) is 2. The number of nitrogens with zero attached hydrogens (tertiary/aromatic N) is 4. The molecule has 0 radical (unpaired) electrons. The molecule has 4 amide bonds. The summed E-state index contributed by atoms with van der Waals surface area (Å²) in [5.41, 5.74) is 7.62. The van der Waals surface area contributed by atoms with Crippen molar-refractivity contribution in [2.75, 3.05) is 61.2 Å². The molecule has 1 saturated heterocycles. The molecule has 3 N–H and O–H groups in total. The zero-order chi connectivity index (χ0) is 39.4. The lowest BCUT2D eigenvalue weighted by atomic mass is 9.89. The molecule has 1 heterocycles. The first-order valence-electron chi connectivity index (χ1n) is 19.1. The lowest BCUT2D eigenvalue weighted by Crippen LogP contribution is -2.59. The number of amides is 4. The monoisotopic (exact) mass is 731 g/mol. The molecule has 1 aliphatic heterocycles. The van der Waals surface area contributed by atoms with Gasteiger partial charge in [-0.25, -0.2) is 0 Å². The molecule has 0 spiro atoms. The number of nitrogens with two attached hydrogens (primary N) is 1. The molecule has 0 bridgehead atoms. The quantitative estimate of drug-likeness (QED) is 0.193. The van der Waals surface area contributed by atoms with Crippen molar-refractivity contribution in [2.24, 2.45) is 23.7 Å². The van der Waals surface area contributed by atoms with Crippen molar-refractivity contribution in [2.45, 2.75) is 117 Å². The van der Waals surface area contributed by atoms with Gasteiger partial charge in [0.25, 0.3) is 0 Å². The lowest BCUT2D eigenvalue weighted by molar-refractivity contribution is -0.149. The normalized spacial score (nSPS) is 18.8. The van der Waals surface area contributed by atoms with Gasteiger partial charge in [-0.1, -0.05) is 67.0 Å². The van der Waals surface area contributed by atoms with Crippen molar-refractivity contribution in [3.63, 3.8) is 0 Å². The van der Waals surface area contributed by atoms with Crippen molar-refractivity contribution in [1.82, 2.24) is 24.9 Å². The van der Waals surface area contributed by atoms with E-state index in [0.717, 1.165) is 24.8 Å². The Balaban J connectivity index is 2.24. The molecule has 1 fully saturated rings. The van der Waals surface area contributed by atoms with Gasteiger partial charge in [0.1, 0.15) is 6.04 Å². The maximum atomic E-state index is 14.2. The summed E-state index contributed by atoms with van der Waals surface area (Å²) in [6.45, 7) is 14.9. The highest BCUT2D eigenvalue weighted by Gasteiger charge is 2.43. The second-order valence-corrected chi connectivity index (χ2v) is 15.7. The van der Waals surface area contributed by atoms with Crippen LogP contribution < -0.4 is 11.1 Å². The van der Waals surface area contributed by atoms with Crippen molar-refractivity contribution < 1.29 is 28.7 Å². The summed E-state index contributed by atoms with van der Waals surface area (Å²) in [5, 5.41) is 3.05. The van der Waals surface area contributed by atoms with Gasteiger partial charge in [0, 0.05) is 47.1 Å². The minimum atomic E-state index is -0.743. The number of nitrogen functional groups attached to an aromatic ring is 1. The van der Waals surface area contributed by atoms with Crippen LogP contribution in [-0.2, 0) is 35.1 Å². The molecule has 1 aliphatic rings. The number of rotatable bonds is 20. The molecule has 2 rings (SSSR count). The van der Waals surface area contributed by atoms with Crippen LogP contribution in [0.25, 0.3) is 0 Å². The summed E-state index contributed by atoms with van der Waals surface area (Å²) in [6, 6.07) is 5.84. The fourth-order valence-corrected chi connectivity index (χ4v) is 7.84. The van der Waals surface area contributed by atoms with Gasteiger partial charge in [-0.15, -0.1) is 0 Å². The largest absolute Gasteiger partial charge is 0.399 e. The smallest absolute Gasteiger partial charge is 0.245 e. The van der Waals surface area contributed by atoms with Crippen LogP contribution in [0.5, 0.6) is 0 Å². The van der Waals surface area contributed by atoms with E-state index < -0.39 is 30.2 Å². The molecule has 0 saturated carbocycles. The minimum absolute atomic E-state index is 0.00271. The Morgan fingerprint density at radius 3 is 2.04 bits per heavy atom. The van der Waals surface area contributed by atoms with Gasteiger partial charge in [0.05, 0.1) is 42.7 Å². The van der Waals surface area contributed by atoms with E-state index in [1.54, 1.807) is 38.1 Å². The van der Waals surface area contributed by atoms with Crippen molar-refractivity contribution in [3.8, 4) is 0 Å². The van der Waals surface area contributed by atoms with Crippen LogP contribution in [0.4, 0.5) is 5.69 Å². The minimum Gasteiger partial charge on any atom is -0.399 e. The van der Waals surface area contributed by atoms with Gasteiger partial charge in [-0.3, -0.25) is 24.1 Å². The third-order valence-electron chi connectivity index (χ3n) is 11.0. The van der Waals surface area contributed by atoms with Crippen LogP contribution in [0.3, 0.4) is 0 Å². The summed E-state index contributed by atoms with van der Waals surface area (Å²) in [6.07, 6.45) is 1.97. The average Bonchev–Trinajstić information content (AvgIpc) is 3.58. The number of hydrogen-bond acceptors (Lipinski definition) is 8. The van der Waals surface area contributed by atoms with Gasteiger partial charge in [0.2, 0.25) is 23.6 Å². The molecule has 0 aromatic heterocycles. The van der Waals surface area contributed by atoms with E-state index in [-0.39, 0.29) is 59.9 Å². The molecule has 8 atom stereocenters. The van der Waals surface area contributed by atoms with Crippen molar-refractivity contribution in [3.05, 3.63) is 29.8 Å². The van der Waals surface area contributed by atoms with Gasteiger partial charge in [-0.2, -0.15) is 0 Å². The maximum Gasteiger partial charge on any atom is 0.245 e. The molecule has 52 heavy (non-hydrogen) atoms. The Labute approximate surface area is 314 Å². The Kier molecular flexibility index (Phi) is 18.0. The molecule has 1 aromatic carbocycles. The first-order chi connectivity index (χ1) is 24.4. The molecule has 296 valence electrons.